The third-order valence-electron chi connectivity index (χ3n) is 4.40. The molecule has 1 N–H and O–H groups in total. The van der Waals surface area contributed by atoms with Crippen molar-refractivity contribution in [1.82, 2.24) is 10.3 Å². The van der Waals surface area contributed by atoms with Gasteiger partial charge in [0.1, 0.15) is 10.6 Å². The summed E-state index contributed by atoms with van der Waals surface area (Å²) in [6, 6.07) is 0. The molecule has 1 saturated carbocycles. The SMILES string of the molecule is CSCc1nc(CNC(=O)C2CC(=O)OC23CCCC3)cs1. The van der Waals surface area contributed by atoms with Crippen LogP contribution in [0.1, 0.15) is 42.8 Å². The van der Waals surface area contributed by atoms with Crippen molar-refractivity contribution in [1.29, 1.82) is 0 Å². The summed E-state index contributed by atoms with van der Waals surface area (Å²) in [7, 11) is 0. The molecule has 0 aromatic carbocycles. The minimum absolute atomic E-state index is 0.0767. The molecular formula is C15H20N2O3S2. The summed E-state index contributed by atoms with van der Waals surface area (Å²) >= 11 is 3.35. The van der Waals surface area contributed by atoms with Crippen LogP contribution in [0.5, 0.6) is 0 Å². The fourth-order valence-electron chi connectivity index (χ4n) is 3.37. The molecule has 1 aliphatic carbocycles. The largest absolute Gasteiger partial charge is 0.458 e. The number of rotatable bonds is 5. The van der Waals surface area contributed by atoms with Gasteiger partial charge in [-0.15, -0.1) is 11.3 Å². The molecule has 2 fully saturated rings. The minimum Gasteiger partial charge on any atom is -0.458 e. The van der Waals surface area contributed by atoms with E-state index in [1.165, 1.54) is 0 Å². The lowest BCUT2D eigenvalue weighted by atomic mass is 9.85. The second-order valence-corrected chi connectivity index (χ2v) is 7.69. The molecule has 1 saturated heterocycles. The molecule has 22 heavy (non-hydrogen) atoms. The molecule has 1 amide bonds. The minimum atomic E-state index is -0.534. The van der Waals surface area contributed by atoms with E-state index in [1.54, 1.807) is 23.1 Å². The number of hydrogen-bond acceptors (Lipinski definition) is 6. The van der Waals surface area contributed by atoms with Crippen molar-refractivity contribution in [2.24, 2.45) is 5.92 Å². The third kappa shape index (κ3) is 3.15. The van der Waals surface area contributed by atoms with E-state index in [4.69, 9.17) is 4.74 Å². The predicted octanol–water partition coefficient (Wildman–Crippen LogP) is 2.50. The van der Waals surface area contributed by atoms with E-state index in [1.807, 2.05) is 11.6 Å². The molecule has 2 heterocycles. The van der Waals surface area contributed by atoms with E-state index < -0.39 is 5.60 Å². The highest BCUT2D eigenvalue weighted by atomic mass is 32.2. The fraction of sp³-hybridized carbons (Fsp3) is 0.667. The van der Waals surface area contributed by atoms with Gasteiger partial charge in [-0.1, -0.05) is 0 Å². The molecule has 0 radical (unpaired) electrons. The maximum atomic E-state index is 12.5. The number of thiazole rings is 1. The van der Waals surface area contributed by atoms with Crippen LogP contribution in [0.4, 0.5) is 0 Å². The molecular weight excluding hydrogens is 320 g/mol. The summed E-state index contributed by atoms with van der Waals surface area (Å²) in [5, 5.41) is 5.99. The Balaban J connectivity index is 1.60. The van der Waals surface area contributed by atoms with E-state index >= 15 is 0 Å². The third-order valence-corrected chi connectivity index (χ3v) is 6.04. The molecule has 1 unspecified atom stereocenters. The standard InChI is InChI=1S/C15H20N2O3S2/c1-21-9-12-17-10(8-22-12)7-16-14(19)11-6-13(18)20-15(11)4-2-3-5-15/h8,11H,2-7,9H2,1H3,(H,16,19). The van der Waals surface area contributed by atoms with Crippen LogP contribution in [-0.4, -0.2) is 28.7 Å². The van der Waals surface area contributed by atoms with Crippen molar-refractivity contribution in [3.63, 3.8) is 0 Å². The molecule has 1 aromatic heterocycles. The van der Waals surface area contributed by atoms with Gasteiger partial charge in [0, 0.05) is 11.1 Å². The number of amides is 1. The number of aromatic nitrogens is 1. The van der Waals surface area contributed by atoms with Crippen molar-refractivity contribution in [3.05, 3.63) is 16.1 Å². The molecule has 120 valence electrons. The summed E-state index contributed by atoms with van der Waals surface area (Å²) < 4.78 is 5.52. The smallest absolute Gasteiger partial charge is 0.307 e. The summed E-state index contributed by atoms with van der Waals surface area (Å²) in [6.07, 6.45) is 5.93. The topological polar surface area (TPSA) is 68.3 Å². The van der Waals surface area contributed by atoms with Crippen LogP contribution in [0.15, 0.2) is 5.38 Å². The highest BCUT2D eigenvalue weighted by Gasteiger charge is 2.53. The first-order valence-electron chi connectivity index (χ1n) is 7.55. The van der Waals surface area contributed by atoms with Crippen LogP contribution >= 0.6 is 23.1 Å². The number of carbonyl (C=O) groups is 2. The van der Waals surface area contributed by atoms with Crippen molar-refractivity contribution in [3.8, 4) is 0 Å². The van der Waals surface area contributed by atoms with Crippen LogP contribution in [0.25, 0.3) is 0 Å². The number of carbonyl (C=O) groups excluding carboxylic acids is 2. The number of nitrogens with one attached hydrogen (secondary N) is 1. The molecule has 2 aliphatic rings. The van der Waals surface area contributed by atoms with E-state index in [-0.39, 0.29) is 24.2 Å². The van der Waals surface area contributed by atoms with Gasteiger partial charge in [-0.3, -0.25) is 9.59 Å². The number of esters is 1. The molecule has 3 rings (SSSR count). The Morgan fingerprint density at radius 3 is 3.05 bits per heavy atom. The normalized spacial score (nSPS) is 23.0. The van der Waals surface area contributed by atoms with Crippen LogP contribution < -0.4 is 5.32 Å². The van der Waals surface area contributed by atoms with E-state index in [0.29, 0.717) is 6.54 Å². The first kappa shape index (κ1) is 15.8. The van der Waals surface area contributed by atoms with E-state index in [2.05, 4.69) is 10.3 Å². The Hall–Kier alpha value is -1.08. The summed E-state index contributed by atoms with van der Waals surface area (Å²) in [5.41, 5.74) is 0.348. The number of hydrogen-bond donors (Lipinski definition) is 1. The Morgan fingerprint density at radius 1 is 1.55 bits per heavy atom. The zero-order valence-corrected chi connectivity index (χ0v) is 14.2. The summed E-state index contributed by atoms with van der Waals surface area (Å²) in [6.45, 7) is 0.421. The first-order chi connectivity index (χ1) is 10.6. The van der Waals surface area contributed by atoms with Gasteiger partial charge in [0.15, 0.2) is 0 Å². The van der Waals surface area contributed by atoms with Gasteiger partial charge in [0.25, 0.3) is 0 Å². The van der Waals surface area contributed by atoms with Crippen LogP contribution in [-0.2, 0) is 26.6 Å². The summed E-state index contributed by atoms with van der Waals surface area (Å²) in [4.78, 5) is 28.6. The fourth-order valence-corrected chi connectivity index (χ4v) is 4.88. The molecule has 1 aliphatic heterocycles. The van der Waals surface area contributed by atoms with Crippen LogP contribution in [0, 0.1) is 5.92 Å². The van der Waals surface area contributed by atoms with Crippen molar-refractivity contribution in [2.75, 3.05) is 6.26 Å². The number of ether oxygens (including phenoxy) is 1. The van der Waals surface area contributed by atoms with Gasteiger partial charge < -0.3 is 10.1 Å². The quantitative estimate of drug-likeness (QED) is 0.834. The molecule has 1 atom stereocenters. The van der Waals surface area contributed by atoms with Gasteiger partial charge in [-0.25, -0.2) is 4.98 Å². The zero-order chi connectivity index (χ0) is 15.6. The Kier molecular flexibility index (Phi) is 4.73. The average Bonchev–Trinajstić information content (AvgIpc) is 3.19. The second kappa shape index (κ2) is 6.58. The van der Waals surface area contributed by atoms with Crippen LogP contribution in [0.3, 0.4) is 0 Å². The van der Waals surface area contributed by atoms with E-state index in [9.17, 15) is 9.59 Å². The van der Waals surface area contributed by atoms with Gasteiger partial charge in [0.2, 0.25) is 5.91 Å². The predicted molar refractivity (Wildman–Crippen MR) is 86.6 cm³/mol. The Morgan fingerprint density at radius 2 is 2.32 bits per heavy atom. The zero-order valence-electron chi connectivity index (χ0n) is 12.6. The first-order valence-corrected chi connectivity index (χ1v) is 9.82. The van der Waals surface area contributed by atoms with Crippen LogP contribution in [0.2, 0.25) is 0 Å². The molecule has 5 nitrogen and oxygen atoms in total. The average molecular weight is 340 g/mol. The lowest BCUT2D eigenvalue weighted by Crippen LogP contribution is -2.42. The Bertz CT molecular complexity index is 567. The van der Waals surface area contributed by atoms with Crippen molar-refractivity contribution in [2.45, 2.75) is 50.0 Å². The Labute approximate surface area is 138 Å². The highest BCUT2D eigenvalue weighted by Crippen LogP contribution is 2.45. The number of nitrogens with zero attached hydrogens (tertiary/aromatic N) is 1. The van der Waals surface area contributed by atoms with Gasteiger partial charge in [0.05, 0.1) is 24.6 Å². The lowest BCUT2D eigenvalue weighted by molar-refractivity contribution is -0.149. The molecule has 1 spiro atoms. The number of thioether (sulfide) groups is 1. The highest BCUT2D eigenvalue weighted by molar-refractivity contribution is 7.97. The van der Waals surface area contributed by atoms with Gasteiger partial charge in [-0.05, 0) is 31.9 Å². The molecule has 1 aromatic rings. The maximum Gasteiger partial charge on any atom is 0.307 e. The van der Waals surface area contributed by atoms with E-state index in [0.717, 1.165) is 42.1 Å². The van der Waals surface area contributed by atoms with Gasteiger partial charge >= 0.3 is 5.97 Å². The van der Waals surface area contributed by atoms with Crippen molar-refractivity contribution >= 4 is 35.0 Å². The maximum absolute atomic E-state index is 12.5. The van der Waals surface area contributed by atoms with Gasteiger partial charge in [-0.2, -0.15) is 11.8 Å². The lowest BCUT2D eigenvalue weighted by Gasteiger charge is -2.27. The van der Waals surface area contributed by atoms with Crippen molar-refractivity contribution < 1.29 is 14.3 Å². The second-order valence-electron chi connectivity index (χ2n) is 5.89. The molecule has 0 bridgehead atoms. The summed E-state index contributed by atoms with van der Waals surface area (Å²) in [5.74, 6) is 0.240. The molecule has 7 heteroatoms. The monoisotopic (exact) mass is 340 g/mol.